The highest BCUT2D eigenvalue weighted by molar-refractivity contribution is 6.47. The average Bonchev–Trinajstić information content (AvgIpc) is 2.42. The van der Waals surface area contributed by atoms with E-state index in [1.807, 2.05) is 0 Å². The molecule has 0 aliphatic rings. The van der Waals surface area contributed by atoms with Crippen molar-refractivity contribution < 1.29 is 15.0 Å². The predicted octanol–water partition coefficient (Wildman–Crippen LogP) is 4.94. The highest BCUT2D eigenvalue weighted by atomic mass is 35.5. The molecule has 20 heavy (non-hydrogen) atoms. The lowest BCUT2D eigenvalue weighted by Gasteiger charge is -2.09. The Balaban J connectivity index is 2.58. The minimum absolute atomic E-state index is 0.0677. The van der Waals surface area contributed by atoms with E-state index in [9.17, 15) is 15.0 Å². The fourth-order valence-corrected chi connectivity index (χ4v) is 2.40. The number of phenols is 2. The first-order valence-electron chi connectivity index (χ1n) is 5.23. The van der Waals surface area contributed by atoms with Crippen LogP contribution in [-0.2, 0) is 0 Å². The number of benzene rings is 2. The molecule has 2 aromatic carbocycles. The molecule has 2 rings (SSSR count). The van der Waals surface area contributed by atoms with Crippen LogP contribution in [0.15, 0.2) is 24.3 Å². The second kappa shape index (κ2) is 5.70. The molecule has 0 heterocycles. The summed E-state index contributed by atoms with van der Waals surface area (Å²) in [5, 5.41) is 18.4. The summed E-state index contributed by atoms with van der Waals surface area (Å²) in [4.78, 5) is 12.4. The highest BCUT2D eigenvalue weighted by Crippen LogP contribution is 2.38. The number of ketones is 1. The van der Waals surface area contributed by atoms with Crippen LogP contribution in [0.1, 0.15) is 15.9 Å². The Kier molecular flexibility index (Phi) is 4.35. The smallest absolute Gasteiger partial charge is 0.196 e. The van der Waals surface area contributed by atoms with Gasteiger partial charge in [-0.1, -0.05) is 46.4 Å². The van der Waals surface area contributed by atoms with Crippen LogP contribution in [0.5, 0.6) is 11.5 Å². The minimum atomic E-state index is -0.524. The van der Waals surface area contributed by atoms with Gasteiger partial charge >= 0.3 is 0 Å². The van der Waals surface area contributed by atoms with Gasteiger partial charge in [-0.2, -0.15) is 0 Å². The van der Waals surface area contributed by atoms with E-state index in [0.29, 0.717) is 0 Å². The van der Waals surface area contributed by atoms with Crippen molar-refractivity contribution in [1.29, 1.82) is 0 Å². The maximum absolute atomic E-state index is 12.4. The number of aromatic hydroxyl groups is 2. The molecule has 0 saturated heterocycles. The van der Waals surface area contributed by atoms with E-state index in [1.165, 1.54) is 24.3 Å². The molecule has 7 heteroatoms. The van der Waals surface area contributed by atoms with Crippen LogP contribution in [-0.4, -0.2) is 16.0 Å². The molecular formula is C13H6Cl4O3. The molecule has 0 fully saturated rings. The van der Waals surface area contributed by atoms with Gasteiger partial charge in [-0.05, 0) is 24.3 Å². The van der Waals surface area contributed by atoms with Gasteiger partial charge in [0.2, 0.25) is 0 Å². The Labute approximate surface area is 134 Å². The van der Waals surface area contributed by atoms with Crippen molar-refractivity contribution in [3.63, 3.8) is 0 Å². The summed E-state index contributed by atoms with van der Waals surface area (Å²) in [6.07, 6.45) is 0. The number of hydrogen-bond acceptors (Lipinski definition) is 3. The van der Waals surface area contributed by atoms with Gasteiger partial charge in [0.05, 0.1) is 10.0 Å². The Morgan fingerprint density at radius 3 is 1.40 bits per heavy atom. The van der Waals surface area contributed by atoms with Crippen molar-refractivity contribution in [3.8, 4) is 11.5 Å². The second-order valence-electron chi connectivity index (χ2n) is 3.85. The van der Waals surface area contributed by atoms with Gasteiger partial charge in [-0.25, -0.2) is 0 Å². The SMILES string of the molecule is O=C(c1ccc(O)c(Cl)c1Cl)c1ccc(O)c(Cl)c1Cl. The number of hydrogen-bond donors (Lipinski definition) is 2. The van der Waals surface area contributed by atoms with Crippen LogP contribution in [0.3, 0.4) is 0 Å². The molecule has 0 bridgehead atoms. The van der Waals surface area contributed by atoms with Crippen molar-refractivity contribution >= 4 is 52.2 Å². The summed E-state index contributed by atoms with van der Waals surface area (Å²) in [5.41, 5.74) is 0.135. The van der Waals surface area contributed by atoms with Gasteiger partial charge in [-0.15, -0.1) is 0 Å². The van der Waals surface area contributed by atoms with E-state index in [1.54, 1.807) is 0 Å². The van der Waals surface area contributed by atoms with Crippen LogP contribution < -0.4 is 0 Å². The number of carbonyl (C=O) groups is 1. The Bertz CT molecular complexity index is 654. The average molecular weight is 352 g/mol. The molecule has 2 aromatic rings. The molecule has 0 unspecified atom stereocenters. The van der Waals surface area contributed by atoms with Crippen molar-refractivity contribution in [2.24, 2.45) is 0 Å². The standard InChI is InChI=1S/C13H6Cl4O3/c14-9-5(1-3-7(18)11(9)16)13(20)6-2-4-8(19)12(17)10(6)15/h1-4,18-19H. The van der Waals surface area contributed by atoms with Gasteiger partial charge in [0.25, 0.3) is 0 Å². The first-order valence-corrected chi connectivity index (χ1v) is 6.74. The summed E-state index contributed by atoms with van der Waals surface area (Å²) in [5.74, 6) is -0.991. The largest absolute Gasteiger partial charge is 0.506 e. The van der Waals surface area contributed by atoms with E-state index in [0.717, 1.165) is 0 Å². The lowest BCUT2D eigenvalue weighted by molar-refractivity contribution is 0.103. The molecule has 0 saturated carbocycles. The molecule has 0 aliphatic heterocycles. The summed E-state index contributed by atoms with van der Waals surface area (Å²) in [6, 6.07) is 5.14. The first kappa shape index (κ1) is 15.3. The zero-order chi connectivity index (χ0) is 15.0. The Hall–Kier alpha value is -1.13. The minimum Gasteiger partial charge on any atom is -0.506 e. The zero-order valence-electron chi connectivity index (χ0n) is 9.62. The van der Waals surface area contributed by atoms with E-state index in [4.69, 9.17) is 46.4 Å². The topological polar surface area (TPSA) is 57.5 Å². The van der Waals surface area contributed by atoms with Crippen LogP contribution in [0, 0.1) is 0 Å². The van der Waals surface area contributed by atoms with Crippen molar-refractivity contribution in [2.75, 3.05) is 0 Å². The zero-order valence-corrected chi connectivity index (χ0v) is 12.6. The molecule has 3 nitrogen and oxygen atoms in total. The van der Waals surface area contributed by atoms with Crippen molar-refractivity contribution in [1.82, 2.24) is 0 Å². The summed E-state index contributed by atoms with van der Waals surface area (Å²) < 4.78 is 0. The molecule has 0 aromatic heterocycles. The van der Waals surface area contributed by atoms with Gasteiger partial charge < -0.3 is 10.2 Å². The Morgan fingerprint density at radius 2 is 1.05 bits per heavy atom. The van der Waals surface area contributed by atoms with Gasteiger partial charge in [-0.3, -0.25) is 4.79 Å². The van der Waals surface area contributed by atoms with Crippen LogP contribution in [0.25, 0.3) is 0 Å². The van der Waals surface area contributed by atoms with Crippen molar-refractivity contribution in [2.45, 2.75) is 0 Å². The van der Waals surface area contributed by atoms with E-state index < -0.39 is 5.78 Å². The monoisotopic (exact) mass is 350 g/mol. The fraction of sp³-hybridized carbons (Fsp3) is 0. The maximum Gasteiger partial charge on any atom is 0.196 e. The highest BCUT2D eigenvalue weighted by Gasteiger charge is 2.21. The van der Waals surface area contributed by atoms with Crippen molar-refractivity contribution in [3.05, 3.63) is 55.5 Å². The Morgan fingerprint density at radius 1 is 0.700 bits per heavy atom. The normalized spacial score (nSPS) is 10.6. The molecule has 0 atom stereocenters. The quantitative estimate of drug-likeness (QED) is 0.753. The molecule has 0 spiro atoms. The second-order valence-corrected chi connectivity index (χ2v) is 5.36. The van der Waals surface area contributed by atoms with Gasteiger partial charge in [0.1, 0.15) is 21.5 Å². The van der Waals surface area contributed by atoms with E-state index in [2.05, 4.69) is 0 Å². The van der Waals surface area contributed by atoms with E-state index in [-0.39, 0.29) is 42.7 Å². The van der Waals surface area contributed by atoms with Crippen LogP contribution >= 0.6 is 46.4 Å². The predicted molar refractivity (Wildman–Crippen MR) is 79.7 cm³/mol. The molecule has 2 N–H and O–H groups in total. The molecule has 104 valence electrons. The molecule has 0 aliphatic carbocycles. The number of halogens is 4. The van der Waals surface area contributed by atoms with Crippen LogP contribution in [0.2, 0.25) is 20.1 Å². The summed E-state index contributed by atoms with van der Waals surface area (Å²) in [7, 11) is 0. The maximum atomic E-state index is 12.4. The third-order valence-electron chi connectivity index (χ3n) is 2.61. The number of phenolic OH excluding ortho intramolecular Hbond substituents is 2. The molecular weight excluding hydrogens is 346 g/mol. The molecule has 0 radical (unpaired) electrons. The first-order chi connectivity index (χ1) is 9.34. The third kappa shape index (κ3) is 2.54. The lowest BCUT2D eigenvalue weighted by Crippen LogP contribution is -2.03. The fourth-order valence-electron chi connectivity index (χ4n) is 1.57. The van der Waals surface area contributed by atoms with Gasteiger partial charge in [0, 0.05) is 11.1 Å². The number of rotatable bonds is 2. The van der Waals surface area contributed by atoms with E-state index >= 15 is 0 Å². The lowest BCUT2D eigenvalue weighted by atomic mass is 10.0. The summed E-state index contributed by atoms with van der Waals surface area (Å²) in [6.45, 7) is 0. The third-order valence-corrected chi connectivity index (χ3v) is 4.36. The van der Waals surface area contributed by atoms with Gasteiger partial charge in [0.15, 0.2) is 5.78 Å². The van der Waals surface area contributed by atoms with Crippen LogP contribution in [0.4, 0.5) is 0 Å². The molecule has 0 amide bonds. The summed E-state index contributed by atoms with van der Waals surface area (Å²) >= 11 is 23.4. The number of carbonyl (C=O) groups excluding carboxylic acids is 1.